The predicted octanol–water partition coefficient (Wildman–Crippen LogP) is 3.38. The molecule has 0 unspecified atom stereocenters. The molecule has 36 heavy (non-hydrogen) atoms. The standard InChI is InChI=1S/C26H35BrClN3O5/c1-17-24(14-32)31(30(4)29-17)13-21(34)16-35-22-8-5-18(6-9-22)26(2,3)19-7-10-25(23(27)11-19)36-15-20(33)12-28/h5-11,20-21,29,32-34H,12-16H2,1-4H3/t20-,21+/m0/s1. The van der Waals surface area contributed by atoms with Crippen LogP contribution in [-0.2, 0) is 5.41 Å². The van der Waals surface area contributed by atoms with Crippen molar-refractivity contribution in [3.63, 3.8) is 0 Å². The highest BCUT2D eigenvalue weighted by molar-refractivity contribution is 9.10. The smallest absolute Gasteiger partial charge is 0.133 e. The molecule has 0 bridgehead atoms. The Labute approximate surface area is 226 Å². The molecule has 0 spiro atoms. The molecule has 1 aliphatic heterocycles. The van der Waals surface area contributed by atoms with Gasteiger partial charge in [-0.25, -0.2) is 0 Å². The molecule has 0 radical (unpaired) electrons. The zero-order valence-electron chi connectivity index (χ0n) is 21.0. The second-order valence-electron chi connectivity index (χ2n) is 9.33. The number of aliphatic hydroxyl groups is 3. The maximum absolute atomic E-state index is 10.5. The molecular weight excluding hydrogens is 550 g/mol. The van der Waals surface area contributed by atoms with Gasteiger partial charge in [0.25, 0.3) is 0 Å². The van der Waals surface area contributed by atoms with Gasteiger partial charge in [0, 0.05) is 18.2 Å². The Morgan fingerprint density at radius 1 is 1.03 bits per heavy atom. The Hall–Kier alpha value is -2.01. The average molecular weight is 585 g/mol. The van der Waals surface area contributed by atoms with Crippen molar-refractivity contribution >= 4 is 27.5 Å². The van der Waals surface area contributed by atoms with Crippen molar-refractivity contribution < 1.29 is 24.8 Å². The number of ether oxygens (including phenoxy) is 2. The third-order valence-corrected chi connectivity index (χ3v) is 7.23. The van der Waals surface area contributed by atoms with Gasteiger partial charge in [0.15, 0.2) is 0 Å². The third kappa shape index (κ3) is 6.85. The highest BCUT2D eigenvalue weighted by Gasteiger charge is 2.27. The van der Waals surface area contributed by atoms with Crippen LogP contribution in [0.1, 0.15) is 31.9 Å². The summed E-state index contributed by atoms with van der Waals surface area (Å²) in [7, 11) is 1.82. The van der Waals surface area contributed by atoms with E-state index in [1.165, 1.54) is 0 Å². The van der Waals surface area contributed by atoms with Crippen molar-refractivity contribution in [2.45, 2.75) is 38.4 Å². The summed E-state index contributed by atoms with van der Waals surface area (Å²) in [5, 5.41) is 33.2. The van der Waals surface area contributed by atoms with E-state index in [0.29, 0.717) is 18.0 Å². The number of hydrazine groups is 2. The first-order chi connectivity index (χ1) is 17.1. The number of β-amino-alcohol motifs (C(OH)–C–C–N with tert-alkyl or cyclic N) is 1. The number of benzene rings is 2. The molecule has 2 atom stereocenters. The minimum Gasteiger partial charge on any atom is -0.491 e. The van der Waals surface area contributed by atoms with E-state index in [9.17, 15) is 15.3 Å². The van der Waals surface area contributed by atoms with Gasteiger partial charge in [-0.2, -0.15) is 0 Å². The molecule has 0 amide bonds. The lowest BCUT2D eigenvalue weighted by atomic mass is 9.78. The highest BCUT2D eigenvalue weighted by atomic mass is 79.9. The van der Waals surface area contributed by atoms with E-state index in [4.69, 9.17) is 21.1 Å². The second-order valence-corrected chi connectivity index (χ2v) is 10.5. The van der Waals surface area contributed by atoms with Gasteiger partial charge in [-0.05, 0) is 58.2 Å². The van der Waals surface area contributed by atoms with Crippen LogP contribution in [0.2, 0.25) is 0 Å². The van der Waals surface area contributed by atoms with Gasteiger partial charge in [-0.15, -0.1) is 16.7 Å². The van der Waals surface area contributed by atoms with Crippen LogP contribution in [0.3, 0.4) is 0 Å². The monoisotopic (exact) mass is 583 g/mol. The maximum atomic E-state index is 10.5. The molecule has 3 rings (SSSR count). The van der Waals surface area contributed by atoms with Crippen molar-refractivity contribution in [1.82, 2.24) is 15.6 Å². The van der Waals surface area contributed by atoms with Gasteiger partial charge in [0.1, 0.15) is 36.9 Å². The minimum absolute atomic E-state index is 0.114. The third-order valence-electron chi connectivity index (χ3n) is 6.25. The molecule has 0 aromatic heterocycles. The largest absolute Gasteiger partial charge is 0.491 e. The van der Waals surface area contributed by atoms with Gasteiger partial charge in [0.05, 0.1) is 29.2 Å². The first kappa shape index (κ1) is 28.6. The fourth-order valence-electron chi connectivity index (χ4n) is 3.99. The molecule has 0 saturated heterocycles. The molecule has 0 saturated carbocycles. The van der Waals surface area contributed by atoms with Gasteiger partial charge >= 0.3 is 0 Å². The number of hydrogen-bond donors (Lipinski definition) is 4. The Bertz CT molecular complexity index is 1050. The first-order valence-corrected chi connectivity index (χ1v) is 13.1. The zero-order chi connectivity index (χ0) is 26.5. The number of nitrogens with one attached hydrogen (secondary N) is 1. The topological polar surface area (TPSA) is 97.7 Å². The zero-order valence-corrected chi connectivity index (χ0v) is 23.4. The van der Waals surface area contributed by atoms with Crippen LogP contribution in [-0.4, -0.2) is 76.9 Å². The Morgan fingerprint density at radius 3 is 2.28 bits per heavy atom. The first-order valence-electron chi connectivity index (χ1n) is 11.7. The van der Waals surface area contributed by atoms with Gasteiger partial charge in [-0.3, -0.25) is 5.01 Å². The lowest BCUT2D eigenvalue weighted by Gasteiger charge is -2.29. The van der Waals surface area contributed by atoms with Crippen molar-refractivity contribution in [2.75, 3.05) is 39.3 Å². The summed E-state index contributed by atoms with van der Waals surface area (Å²) in [6.45, 7) is 6.59. The Balaban J connectivity index is 1.60. The van der Waals surface area contributed by atoms with Gasteiger partial charge in [-0.1, -0.05) is 32.0 Å². The molecule has 1 heterocycles. The van der Waals surface area contributed by atoms with Crippen LogP contribution in [0.4, 0.5) is 0 Å². The molecule has 0 aliphatic carbocycles. The Morgan fingerprint density at radius 2 is 1.67 bits per heavy atom. The number of rotatable bonds is 12. The summed E-state index contributed by atoms with van der Waals surface area (Å²) < 4.78 is 12.3. The van der Waals surface area contributed by atoms with Crippen molar-refractivity contribution in [3.05, 3.63) is 69.5 Å². The van der Waals surface area contributed by atoms with E-state index in [2.05, 4.69) is 35.2 Å². The van der Waals surface area contributed by atoms with Crippen LogP contribution in [0.5, 0.6) is 11.5 Å². The van der Waals surface area contributed by atoms with E-state index in [-0.39, 0.29) is 31.1 Å². The number of halogens is 2. The molecule has 1 aliphatic rings. The number of allylic oxidation sites excluding steroid dienone is 1. The van der Waals surface area contributed by atoms with E-state index in [0.717, 1.165) is 27.0 Å². The summed E-state index contributed by atoms with van der Waals surface area (Å²) in [6.07, 6.45) is -1.46. The van der Waals surface area contributed by atoms with Crippen molar-refractivity contribution in [1.29, 1.82) is 0 Å². The second kappa shape index (κ2) is 12.5. The Kier molecular flexibility index (Phi) is 9.91. The molecule has 10 heteroatoms. The van der Waals surface area contributed by atoms with Crippen molar-refractivity contribution in [2.24, 2.45) is 0 Å². The van der Waals surface area contributed by atoms with E-state index in [1.54, 1.807) is 10.1 Å². The van der Waals surface area contributed by atoms with Crippen LogP contribution < -0.4 is 14.9 Å². The quantitative estimate of drug-likeness (QED) is 0.282. The van der Waals surface area contributed by atoms with E-state index in [1.807, 2.05) is 56.4 Å². The fraction of sp³-hybridized carbons (Fsp3) is 0.462. The molecule has 8 nitrogen and oxygen atoms in total. The van der Waals surface area contributed by atoms with Gasteiger partial charge < -0.3 is 30.2 Å². The molecule has 4 N–H and O–H groups in total. The maximum Gasteiger partial charge on any atom is 0.133 e. The summed E-state index contributed by atoms with van der Waals surface area (Å²) in [5.41, 5.74) is 6.59. The number of alkyl halides is 1. The number of aliphatic hydroxyl groups excluding tert-OH is 3. The van der Waals surface area contributed by atoms with Gasteiger partial charge in [0.2, 0.25) is 0 Å². The molecule has 2 aromatic carbocycles. The van der Waals surface area contributed by atoms with Crippen molar-refractivity contribution in [3.8, 4) is 11.5 Å². The predicted molar refractivity (Wildman–Crippen MR) is 144 cm³/mol. The molecule has 0 fully saturated rings. The summed E-state index contributed by atoms with van der Waals surface area (Å²) in [6, 6.07) is 13.7. The molecule has 2 aromatic rings. The van der Waals surface area contributed by atoms with Crippen LogP contribution in [0, 0.1) is 0 Å². The van der Waals surface area contributed by atoms with Crippen LogP contribution >= 0.6 is 27.5 Å². The van der Waals surface area contributed by atoms with E-state index < -0.39 is 12.2 Å². The van der Waals surface area contributed by atoms with Crippen LogP contribution in [0.25, 0.3) is 0 Å². The fourth-order valence-corrected chi connectivity index (χ4v) is 4.57. The highest BCUT2D eigenvalue weighted by Crippen LogP contribution is 2.36. The summed E-state index contributed by atoms with van der Waals surface area (Å²) >= 11 is 9.20. The van der Waals surface area contributed by atoms with E-state index >= 15 is 0 Å². The average Bonchev–Trinajstić information content (AvgIpc) is 3.13. The number of hydrogen-bond acceptors (Lipinski definition) is 8. The number of nitrogens with zero attached hydrogens (tertiary/aromatic N) is 2. The lowest BCUT2D eigenvalue weighted by Crippen LogP contribution is -2.45. The molecular formula is C26H35BrClN3O5. The molecule has 198 valence electrons. The summed E-state index contributed by atoms with van der Waals surface area (Å²) in [4.78, 5) is 0. The SMILES string of the molecule is CC1=C(CO)N(C[C@@H](O)COc2ccc(C(C)(C)c3ccc(OC[C@@H](O)CCl)c(Br)c3)cc2)N(C)N1. The normalized spacial score (nSPS) is 16.2. The minimum atomic E-state index is -0.749. The lowest BCUT2D eigenvalue weighted by molar-refractivity contribution is -0.0279. The summed E-state index contributed by atoms with van der Waals surface area (Å²) in [5.74, 6) is 1.43. The van der Waals surface area contributed by atoms with Crippen LogP contribution in [0.15, 0.2) is 58.3 Å².